The normalized spacial score (nSPS) is 14.9. The number of rotatable bonds is 9. The molecule has 178 valence electrons. The van der Waals surface area contributed by atoms with E-state index in [1.165, 1.54) is 17.7 Å². The Bertz CT molecular complexity index is 1130. The molecule has 0 aliphatic carbocycles. The van der Waals surface area contributed by atoms with E-state index in [9.17, 15) is 18.7 Å². The molecule has 1 heterocycles. The molecule has 1 amide bonds. The van der Waals surface area contributed by atoms with Gasteiger partial charge < -0.3 is 20.6 Å². The van der Waals surface area contributed by atoms with Crippen LogP contribution in [-0.4, -0.2) is 36.2 Å². The number of aliphatic hydroxyl groups is 1. The molecule has 7 heteroatoms. The number of aliphatic hydroxyl groups excluding tert-OH is 1. The Morgan fingerprint density at radius 2 is 1.74 bits per heavy atom. The van der Waals surface area contributed by atoms with E-state index in [-0.39, 0.29) is 25.4 Å². The minimum absolute atomic E-state index is 0.0368. The Hall–Kier alpha value is -3.29. The maximum Gasteiger partial charge on any atom is 0.243 e. The quantitative estimate of drug-likeness (QED) is 0.446. The number of halogens is 2. The molecule has 3 aromatic rings. The van der Waals surface area contributed by atoms with E-state index in [0.717, 1.165) is 23.7 Å². The van der Waals surface area contributed by atoms with Gasteiger partial charge in [0.05, 0.1) is 30.1 Å². The molecular formula is C27H29F2N3O2. The largest absolute Gasteiger partial charge is 0.390 e. The highest BCUT2D eigenvalue weighted by Crippen LogP contribution is 2.32. The molecule has 0 aromatic heterocycles. The third-order valence-corrected chi connectivity index (χ3v) is 6.10. The first-order valence-corrected chi connectivity index (χ1v) is 11.5. The molecule has 0 bridgehead atoms. The lowest BCUT2D eigenvalue weighted by atomic mass is 9.97. The van der Waals surface area contributed by atoms with Crippen molar-refractivity contribution in [1.29, 1.82) is 0 Å². The van der Waals surface area contributed by atoms with Crippen molar-refractivity contribution in [2.24, 2.45) is 0 Å². The summed E-state index contributed by atoms with van der Waals surface area (Å²) in [7, 11) is 0. The van der Waals surface area contributed by atoms with Crippen LogP contribution in [0.2, 0.25) is 0 Å². The van der Waals surface area contributed by atoms with Gasteiger partial charge in [0.15, 0.2) is 0 Å². The number of benzene rings is 3. The topological polar surface area (TPSA) is 64.6 Å². The molecule has 3 N–H and O–H groups in total. The van der Waals surface area contributed by atoms with Gasteiger partial charge in [-0.2, -0.15) is 0 Å². The van der Waals surface area contributed by atoms with Crippen LogP contribution < -0.4 is 15.5 Å². The van der Waals surface area contributed by atoms with Gasteiger partial charge >= 0.3 is 0 Å². The highest BCUT2D eigenvalue weighted by Gasteiger charge is 2.32. The number of fused-ring (bicyclic) bond motifs is 1. The summed E-state index contributed by atoms with van der Waals surface area (Å²) in [6.07, 6.45) is 0.212. The number of carbonyl (C=O) groups excluding carboxylic acids is 1. The molecular weight excluding hydrogens is 436 g/mol. The average Bonchev–Trinajstić information content (AvgIpc) is 2.81. The molecule has 0 fully saturated rings. The van der Waals surface area contributed by atoms with Crippen LogP contribution >= 0.6 is 0 Å². The summed E-state index contributed by atoms with van der Waals surface area (Å²) in [5.74, 6) is -1.55. The molecule has 0 saturated carbocycles. The van der Waals surface area contributed by atoms with E-state index >= 15 is 0 Å². The maximum atomic E-state index is 13.9. The zero-order valence-corrected chi connectivity index (χ0v) is 19.1. The van der Waals surface area contributed by atoms with Crippen LogP contribution in [0, 0.1) is 11.6 Å². The smallest absolute Gasteiger partial charge is 0.243 e. The molecule has 0 spiro atoms. The lowest BCUT2D eigenvalue weighted by Gasteiger charge is -2.40. The fraction of sp³-hybridized carbons (Fsp3) is 0.296. The lowest BCUT2D eigenvalue weighted by molar-refractivity contribution is -0.115. The van der Waals surface area contributed by atoms with Gasteiger partial charge in [0.1, 0.15) is 11.6 Å². The standard InChI is InChI=1S/C27H29F2N3O2/c1-2-18-6-5-7-19(10-18)15-30-16-26(33)25(13-20-11-21(28)14-22(29)12-20)32-17-27(34)31-23-8-3-4-9-24(23)32/h3-12,14,25-26,30,33H,2,13,15-17H2,1H3,(H,31,34)/t25-,26+/m0/s1. The van der Waals surface area contributed by atoms with Crippen molar-refractivity contribution in [2.45, 2.75) is 38.5 Å². The minimum atomic E-state index is -0.903. The zero-order chi connectivity index (χ0) is 24.1. The minimum Gasteiger partial charge on any atom is -0.390 e. The summed E-state index contributed by atoms with van der Waals surface area (Å²) >= 11 is 0. The van der Waals surface area contributed by atoms with E-state index in [1.54, 1.807) is 6.07 Å². The summed E-state index contributed by atoms with van der Waals surface area (Å²) in [4.78, 5) is 14.2. The number of aryl methyl sites for hydroxylation is 1. The van der Waals surface area contributed by atoms with Gasteiger partial charge in [0.25, 0.3) is 0 Å². The summed E-state index contributed by atoms with van der Waals surface area (Å²) < 4.78 is 27.8. The highest BCUT2D eigenvalue weighted by molar-refractivity contribution is 6.01. The van der Waals surface area contributed by atoms with Crippen LogP contribution in [0.1, 0.15) is 23.6 Å². The van der Waals surface area contributed by atoms with Crippen LogP contribution in [-0.2, 0) is 24.2 Å². The second-order valence-corrected chi connectivity index (χ2v) is 8.61. The first-order chi connectivity index (χ1) is 16.4. The Balaban J connectivity index is 1.56. The number of amides is 1. The summed E-state index contributed by atoms with van der Waals surface area (Å²) in [6.45, 7) is 2.96. The number of hydrogen-bond donors (Lipinski definition) is 3. The first-order valence-electron chi connectivity index (χ1n) is 11.5. The molecule has 3 aromatic carbocycles. The highest BCUT2D eigenvalue weighted by atomic mass is 19.1. The lowest BCUT2D eigenvalue weighted by Crippen LogP contribution is -2.53. The first kappa shape index (κ1) is 23.9. The SMILES string of the molecule is CCc1cccc(CNC[C@@H](O)[C@H](Cc2cc(F)cc(F)c2)N2CC(=O)Nc3ccccc32)c1. The Labute approximate surface area is 198 Å². The van der Waals surface area contributed by atoms with E-state index in [1.807, 2.05) is 35.2 Å². The Morgan fingerprint density at radius 1 is 1.00 bits per heavy atom. The van der Waals surface area contributed by atoms with Crippen LogP contribution in [0.25, 0.3) is 0 Å². The van der Waals surface area contributed by atoms with Crippen LogP contribution in [0.3, 0.4) is 0 Å². The van der Waals surface area contributed by atoms with Gasteiger partial charge in [-0.25, -0.2) is 8.78 Å². The predicted molar refractivity (Wildman–Crippen MR) is 130 cm³/mol. The molecule has 0 saturated heterocycles. The zero-order valence-electron chi connectivity index (χ0n) is 19.1. The molecule has 34 heavy (non-hydrogen) atoms. The summed E-state index contributed by atoms with van der Waals surface area (Å²) in [5, 5.41) is 17.4. The summed E-state index contributed by atoms with van der Waals surface area (Å²) in [6, 6.07) is 18.3. The molecule has 2 atom stereocenters. The third-order valence-electron chi connectivity index (χ3n) is 6.10. The second kappa shape index (κ2) is 10.8. The third kappa shape index (κ3) is 5.79. The molecule has 0 unspecified atom stereocenters. The van der Waals surface area contributed by atoms with E-state index < -0.39 is 23.8 Å². The van der Waals surface area contributed by atoms with Gasteiger partial charge in [-0.3, -0.25) is 4.79 Å². The van der Waals surface area contributed by atoms with E-state index in [4.69, 9.17) is 0 Å². The van der Waals surface area contributed by atoms with Gasteiger partial charge in [-0.15, -0.1) is 0 Å². The maximum absolute atomic E-state index is 13.9. The number of hydrogen-bond acceptors (Lipinski definition) is 4. The van der Waals surface area contributed by atoms with Crippen molar-refractivity contribution in [3.63, 3.8) is 0 Å². The molecule has 1 aliphatic rings. The van der Waals surface area contributed by atoms with Gasteiger partial charge in [-0.1, -0.05) is 43.3 Å². The van der Waals surface area contributed by atoms with Gasteiger partial charge in [-0.05, 0) is 53.8 Å². The van der Waals surface area contributed by atoms with Crippen LogP contribution in [0.5, 0.6) is 0 Å². The van der Waals surface area contributed by atoms with E-state index in [0.29, 0.717) is 17.8 Å². The van der Waals surface area contributed by atoms with Crippen molar-refractivity contribution in [2.75, 3.05) is 23.3 Å². The van der Waals surface area contributed by atoms with Gasteiger partial charge in [0, 0.05) is 19.2 Å². The van der Waals surface area contributed by atoms with Crippen molar-refractivity contribution >= 4 is 17.3 Å². The second-order valence-electron chi connectivity index (χ2n) is 8.61. The number of nitrogens with zero attached hydrogens (tertiary/aromatic N) is 1. The van der Waals surface area contributed by atoms with Crippen molar-refractivity contribution in [1.82, 2.24) is 5.32 Å². The number of para-hydroxylation sites is 2. The molecule has 5 nitrogen and oxygen atoms in total. The summed E-state index contributed by atoms with van der Waals surface area (Å²) in [5.41, 5.74) is 4.17. The van der Waals surface area contributed by atoms with Crippen LogP contribution in [0.4, 0.5) is 20.2 Å². The van der Waals surface area contributed by atoms with E-state index in [2.05, 4.69) is 29.7 Å². The van der Waals surface area contributed by atoms with Crippen molar-refractivity contribution in [3.8, 4) is 0 Å². The van der Waals surface area contributed by atoms with Crippen LogP contribution in [0.15, 0.2) is 66.7 Å². The Morgan fingerprint density at radius 3 is 2.50 bits per heavy atom. The fourth-order valence-electron chi connectivity index (χ4n) is 4.44. The number of anilines is 2. The fourth-order valence-corrected chi connectivity index (χ4v) is 4.44. The number of carbonyl (C=O) groups is 1. The predicted octanol–water partition coefficient (Wildman–Crippen LogP) is 4.05. The van der Waals surface area contributed by atoms with Crippen molar-refractivity contribution < 1.29 is 18.7 Å². The molecule has 4 rings (SSSR count). The molecule has 1 aliphatic heterocycles. The van der Waals surface area contributed by atoms with Crippen molar-refractivity contribution in [3.05, 3.63) is 95.1 Å². The van der Waals surface area contributed by atoms with Gasteiger partial charge in [0.2, 0.25) is 5.91 Å². The Kier molecular flexibility index (Phi) is 7.55. The monoisotopic (exact) mass is 465 g/mol. The average molecular weight is 466 g/mol. The number of nitrogens with one attached hydrogen (secondary N) is 2. The molecule has 0 radical (unpaired) electrons.